The number of hydrogen-bond acceptors (Lipinski definition) is 5. The van der Waals surface area contributed by atoms with Gasteiger partial charge in [0, 0.05) is 12.7 Å². The highest BCUT2D eigenvalue weighted by molar-refractivity contribution is 5.81. The van der Waals surface area contributed by atoms with Crippen LogP contribution in [0.1, 0.15) is 41.0 Å². The van der Waals surface area contributed by atoms with E-state index in [0.717, 1.165) is 6.42 Å². The van der Waals surface area contributed by atoms with Crippen LogP contribution in [0.25, 0.3) is 0 Å². The highest BCUT2D eigenvalue weighted by Crippen LogP contribution is 2.12. The summed E-state index contributed by atoms with van der Waals surface area (Å²) in [5.74, 6) is -0.500. The molecular formula is C17H28N2O4. The number of carbonyl (C=O) groups is 2. The van der Waals surface area contributed by atoms with Crippen molar-refractivity contribution in [1.82, 2.24) is 10.2 Å². The Kier molecular flexibility index (Phi) is 7.13. The van der Waals surface area contributed by atoms with Gasteiger partial charge in [-0.2, -0.15) is 0 Å². The smallest absolute Gasteiger partial charge is 0.408 e. The summed E-state index contributed by atoms with van der Waals surface area (Å²) in [6, 6.07) is -0.723. The van der Waals surface area contributed by atoms with Crippen LogP contribution >= 0.6 is 0 Å². The molecule has 0 aromatic carbocycles. The standard InChI is InChI=1S/C17H28N2O4/c1-6-13(2)14(18-16(21)23-17(3,4)5)15(20)22-12-19-10-8-7-9-11-19/h7-10,13-14H,6,11-12H2,1-5H3,(H,18,21). The predicted octanol–water partition coefficient (Wildman–Crippen LogP) is 2.81. The van der Waals surface area contributed by atoms with Crippen LogP contribution in [-0.2, 0) is 14.3 Å². The van der Waals surface area contributed by atoms with Crippen LogP contribution in [-0.4, -0.2) is 41.9 Å². The Morgan fingerprint density at radius 2 is 2.00 bits per heavy atom. The molecule has 6 heteroatoms. The van der Waals surface area contributed by atoms with Crippen molar-refractivity contribution < 1.29 is 19.1 Å². The van der Waals surface area contributed by atoms with Crippen molar-refractivity contribution >= 4 is 12.1 Å². The van der Waals surface area contributed by atoms with E-state index in [1.165, 1.54) is 0 Å². The minimum Gasteiger partial charge on any atom is -0.444 e. The van der Waals surface area contributed by atoms with Crippen molar-refractivity contribution in [2.75, 3.05) is 13.3 Å². The number of esters is 1. The minimum atomic E-state index is -0.723. The molecule has 0 radical (unpaired) electrons. The van der Waals surface area contributed by atoms with E-state index in [0.29, 0.717) is 6.54 Å². The Balaban J connectivity index is 2.58. The molecule has 6 nitrogen and oxygen atoms in total. The summed E-state index contributed by atoms with van der Waals surface area (Å²) in [5.41, 5.74) is -0.612. The number of hydrogen-bond donors (Lipinski definition) is 1. The zero-order chi connectivity index (χ0) is 17.5. The molecule has 0 saturated carbocycles. The first-order valence-electron chi connectivity index (χ1n) is 7.96. The zero-order valence-electron chi connectivity index (χ0n) is 14.7. The summed E-state index contributed by atoms with van der Waals surface area (Å²) in [7, 11) is 0. The molecule has 1 rings (SSSR count). The molecule has 0 aromatic heterocycles. The van der Waals surface area contributed by atoms with Gasteiger partial charge in [-0.25, -0.2) is 9.59 Å². The molecule has 2 atom stereocenters. The molecule has 1 aliphatic heterocycles. The van der Waals surface area contributed by atoms with Crippen LogP contribution in [0.5, 0.6) is 0 Å². The fourth-order valence-corrected chi connectivity index (χ4v) is 1.94. The Labute approximate surface area is 138 Å². The quantitative estimate of drug-likeness (QED) is 0.761. The van der Waals surface area contributed by atoms with Crippen molar-refractivity contribution in [2.45, 2.75) is 52.7 Å². The van der Waals surface area contributed by atoms with Gasteiger partial charge in [0.2, 0.25) is 0 Å². The number of allylic oxidation sites excluding steroid dienone is 2. The average Bonchev–Trinajstić information content (AvgIpc) is 2.49. The van der Waals surface area contributed by atoms with E-state index in [2.05, 4.69) is 5.32 Å². The Morgan fingerprint density at radius 3 is 2.52 bits per heavy atom. The monoisotopic (exact) mass is 324 g/mol. The topological polar surface area (TPSA) is 67.9 Å². The molecule has 0 fully saturated rings. The summed E-state index contributed by atoms with van der Waals surface area (Å²) in [6.45, 7) is 10.0. The summed E-state index contributed by atoms with van der Waals surface area (Å²) < 4.78 is 10.5. The van der Waals surface area contributed by atoms with Gasteiger partial charge in [0.25, 0.3) is 0 Å². The molecule has 0 saturated heterocycles. The first-order chi connectivity index (χ1) is 10.7. The van der Waals surface area contributed by atoms with Gasteiger partial charge in [-0.05, 0) is 32.8 Å². The number of nitrogens with zero attached hydrogens (tertiary/aromatic N) is 1. The molecule has 1 heterocycles. The van der Waals surface area contributed by atoms with E-state index in [4.69, 9.17) is 9.47 Å². The summed E-state index contributed by atoms with van der Waals surface area (Å²) >= 11 is 0. The molecule has 130 valence electrons. The molecule has 1 amide bonds. The van der Waals surface area contributed by atoms with E-state index in [-0.39, 0.29) is 12.6 Å². The third kappa shape index (κ3) is 7.21. The average molecular weight is 324 g/mol. The number of amides is 1. The lowest BCUT2D eigenvalue weighted by Crippen LogP contribution is -2.48. The Bertz CT molecular complexity index is 466. The molecule has 23 heavy (non-hydrogen) atoms. The lowest BCUT2D eigenvalue weighted by molar-refractivity contribution is -0.151. The number of rotatable bonds is 6. The second kappa shape index (κ2) is 8.60. The van der Waals surface area contributed by atoms with Crippen LogP contribution < -0.4 is 5.32 Å². The first-order valence-corrected chi connectivity index (χ1v) is 7.96. The maximum Gasteiger partial charge on any atom is 0.408 e. The highest BCUT2D eigenvalue weighted by Gasteiger charge is 2.29. The lowest BCUT2D eigenvalue weighted by atomic mass is 9.99. The Hall–Kier alpha value is -1.98. The number of carbonyl (C=O) groups excluding carboxylic acids is 2. The predicted molar refractivity (Wildman–Crippen MR) is 88.6 cm³/mol. The van der Waals surface area contributed by atoms with E-state index in [1.54, 1.807) is 20.8 Å². The van der Waals surface area contributed by atoms with Gasteiger partial charge in [0.15, 0.2) is 6.73 Å². The van der Waals surface area contributed by atoms with Crippen molar-refractivity contribution in [2.24, 2.45) is 5.92 Å². The van der Waals surface area contributed by atoms with Gasteiger partial charge < -0.3 is 19.7 Å². The molecular weight excluding hydrogens is 296 g/mol. The van der Waals surface area contributed by atoms with E-state index in [9.17, 15) is 9.59 Å². The molecule has 0 bridgehead atoms. The van der Waals surface area contributed by atoms with Gasteiger partial charge in [-0.1, -0.05) is 32.4 Å². The van der Waals surface area contributed by atoms with E-state index >= 15 is 0 Å². The third-order valence-electron chi connectivity index (χ3n) is 3.40. The molecule has 0 aromatic rings. The number of alkyl carbamates (subject to hydrolysis) is 1. The largest absolute Gasteiger partial charge is 0.444 e. The number of nitrogens with one attached hydrogen (secondary N) is 1. The van der Waals surface area contributed by atoms with E-state index in [1.807, 2.05) is 43.2 Å². The summed E-state index contributed by atoms with van der Waals surface area (Å²) in [6.07, 6.45) is 7.76. The normalized spacial score (nSPS) is 16.7. The summed E-state index contributed by atoms with van der Waals surface area (Å²) in [4.78, 5) is 26.1. The fraction of sp³-hybridized carbons (Fsp3) is 0.647. The van der Waals surface area contributed by atoms with Gasteiger partial charge in [-0.3, -0.25) is 0 Å². The highest BCUT2D eigenvalue weighted by atomic mass is 16.6. The molecule has 1 aliphatic rings. The fourth-order valence-electron chi connectivity index (χ4n) is 1.94. The van der Waals surface area contributed by atoms with Crippen LogP contribution in [0.4, 0.5) is 4.79 Å². The van der Waals surface area contributed by atoms with Gasteiger partial charge in [0.05, 0.1) is 0 Å². The molecule has 0 aliphatic carbocycles. The SMILES string of the molecule is CCC(C)C(NC(=O)OC(C)(C)C)C(=O)OCN1C=CC=CC1. The first kappa shape index (κ1) is 19.1. The molecule has 2 unspecified atom stereocenters. The van der Waals surface area contributed by atoms with Crippen LogP contribution in [0.2, 0.25) is 0 Å². The lowest BCUT2D eigenvalue weighted by Gasteiger charge is -2.27. The third-order valence-corrected chi connectivity index (χ3v) is 3.40. The van der Waals surface area contributed by atoms with Gasteiger partial charge in [-0.15, -0.1) is 0 Å². The maximum atomic E-state index is 12.3. The van der Waals surface area contributed by atoms with Crippen molar-refractivity contribution in [3.63, 3.8) is 0 Å². The van der Waals surface area contributed by atoms with E-state index < -0.39 is 23.7 Å². The minimum absolute atomic E-state index is 0.0492. The maximum absolute atomic E-state index is 12.3. The summed E-state index contributed by atoms with van der Waals surface area (Å²) in [5, 5.41) is 2.63. The van der Waals surface area contributed by atoms with Crippen molar-refractivity contribution in [3.05, 3.63) is 24.4 Å². The van der Waals surface area contributed by atoms with Gasteiger partial charge >= 0.3 is 12.1 Å². The van der Waals surface area contributed by atoms with Crippen LogP contribution in [0, 0.1) is 5.92 Å². The second-order valence-corrected chi connectivity index (χ2v) is 6.64. The molecule has 1 N–H and O–H groups in total. The van der Waals surface area contributed by atoms with Crippen molar-refractivity contribution in [1.29, 1.82) is 0 Å². The molecule has 0 spiro atoms. The number of ether oxygens (including phenoxy) is 2. The van der Waals surface area contributed by atoms with Crippen LogP contribution in [0.15, 0.2) is 24.4 Å². The Morgan fingerprint density at radius 1 is 1.30 bits per heavy atom. The van der Waals surface area contributed by atoms with Gasteiger partial charge in [0.1, 0.15) is 11.6 Å². The zero-order valence-corrected chi connectivity index (χ0v) is 14.7. The second-order valence-electron chi connectivity index (χ2n) is 6.64. The van der Waals surface area contributed by atoms with Crippen molar-refractivity contribution in [3.8, 4) is 0 Å². The van der Waals surface area contributed by atoms with Crippen LogP contribution in [0.3, 0.4) is 0 Å².